The van der Waals surface area contributed by atoms with E-state index in [2.05, 4.69) is 51.7 Å². The van der Waals surface area contributed by atoms with Gasteiger partial charge in [-0.1, -0.05) is 35.9 Å². The van der Waals surface area contributed by atoms with Crippen molar-refractivity contribution in [3.8, 4) is 28.9 Å². The molecule has 15 nitrogen and oxygen atoms in total. The van der Waals surface area contributed by atoms with E-state index in [4.69, 9.17) is 30.5 Å². The summed E-state index contributed by atoms with van der Waals surface area (Å²) in [6, 6.07) is 21.9. The molecule has 3 fully saturated rings. The SMILES string of the molecule is COC(=O)NC1(c2ccc(Oc3ccc(-n4ncc(NC[C@@]5(F)CCCOC5)c(Cl)c4=O)cn3)cc2)CC1.COC(=O)NC1(c2ccc(Oc3ccc(Br)cn3)cc2)CC1. The number of anilines is 1. The van der Waals surface area contributed by atoms with Crippen molar-refractivity contribution in [2.24, 2.45) is 0 Å². The molecule has 0 spiro atoms. The van der Waals surface area contributed by atoms with Crippen molar-refractivity contribution >= 4 is 45.4 Å². The van der Waals surface area contributed by atoms with Gasteiger partial charge in [0.1, 0.15) is 16.5 Å². The third kappa shape index (κ3) is 10.3. The number of amides is 2. The molecule has 4 heterocycles. The molecule has 314 valence electrons. The second kappa shape index (κ2) is 18.2. The van der Waals surface area contributed by atoms with E-state index >= 15 is 0 Å². The van der Waals surface area contributed by atoms with E-state index in [0.29, 0.717) is 48.4 Å². The lowest BCUT2D eigenvalue weighted by Crippen LogP contribution is -2.40. The Hall–Kier alpha value is -5.78. The van der Waals surface area contributed by atoms with Gasteiger partial charge in [0.05, 0.1) is 62.2 Å². The highest BCUT2D eigenvalue weighted by Gasteiger charge is 2.47. The van der Waals surface area contributed by atoms with Crippen molar-refractivity contribution in [2.75, 3.05) is 39.3 Å². The average molecular weight is 907 g/mol. The fraction of sp³-hybridized carbons (Fsp3) is 0.333. The smallest absolute Gasteiger partial charge is 0.407 e. The van der Waals surface area contributed by atoms with Crippen LogP contribution in [0.4, 0.5) is 19.7 Å². The van der Waals surface area contributed by atoms with Crippen LogP contribution in [0, 0.1) is 0 Å². The number of hydrogen-bond donors (Lipinski definition) is 3. The molecular weight excluding hydrogens is 865 g/mol. The molecule has 2 saturated carbocycles. The van der Waals surface area contributed by atoms with Crippen LogP contribution in [-0.2, 0) is 25.3 Å². The lowest BCUT2D eigenvalue weighted by Gasteiger charge is -2.29. The number of nitrogens with one attached hydrogen (secondary N) is 3. The van der Waals surface area contributed by atoms with E-state index in [0.717, 1.165) is 46.0 Å². The van der Waals surface area contributed by atoms with Crippen molar-refractivity contribution in [3.63, 3.8) is 0 Å². The maximum atomic E-state index is 14.8. The van der Waals surface area contributed by atoms with Gasteiger partial charge >= 0.3 is 12.2 Å². The molecule has 2 amide bonds. The maximum absolute atomic E-state index is 14.8. The normalized spacial score (nSPS) is 18.1. The summed E-state index contributed by atoms with van der Waals surface area (Å²) in [5.74, 6) is 2.11. The van der Waals surface area contributed by atoms with Crippen molar-refractivity contribution in [1.82, 2.24) is 30.4 Å². The Bertz CT molecular complexity index is 2340. The number of hydrogen-bond acceptors (Lipinski definition) is 12. The minimum Gasteiger partial charge on any atom is -0.453 e. The summed E-state index contributed by atoms with van der Waals surface area (Å²) in [5.41, 5.74) is -0.112. The van der Waals surface area contributed by atoms with Gasteiger partial charge in [0, 0.05) is 29.4 Å². The minimum absolute atomic E-state index is 0.000270. The van der Waals surface area contributed by atoms with Crippen molar-refractivity contribution in [1.29, 1.82) is 0 Å². The Balaban J connectivity index is 0.000000210. The zero-order valence-corrected chi connectivity index (χ0v) is 35.1. The zero-order chi connectivity index (χ0) is 42.3. The minimum atomic E-state index is -1.52. The molecule has 1 aliphatic heterocycles. The zero-order valence-electron chi connectivity index (χ0n) is 32.7. The molecule has 8 rings (SSSR count). The Morgan fingerprint density at radius 1 is 0.800 bits per heavy atom. The summed E-state index contributed by atoms with van der Waals surface area (Å²) >= 11 is 9.60. The van der Waals surface area contributed by atoms with Crippen LogP contribution in [0.15, 0.2) is 101 Å². The van der Waals surface area contributed by atoms with E-state index in [1.54, 1.807) is 36.5 Å². The van der Waals surface area contributed by atoms with Crippen LogP contribution in [0.1, 0.15) is 49.7 Å². The van der Waals surface area contributed by atoms with Crippen LogP contribution < -0.4 is 31.0 Å². The molecule has 0 bridgehead atoms. The Morgan fingerprint density at radius 3 is 1.80 bits per heavy atom. The fourth-order valence-electron chi connectivity index (χ4n) is 6.57. The Labute approximate surface area is 358 Å². The average Bonchev–Trinajstić information content (AvgIpc) is 4.21. The van der Waals surface area contributed by atoms with Gasteiger partial charge in [0.2, 0.25) is 11.8 Å². The number of carbonyl (C=O) groups excluding carboxylic acids is 2. The molecule has 1 saturated heterocycles. The highest BCUT2D eigenvalue weighted by Crippen LogP contribution is 2.47. The molecule has 18 heteroatoms. The highest BCUT2D eigenvalue weighted by molar-refractivity contribution is 9.10. The molecule has 2 aliphatic carbocycles. The third-order valence-electron chi connectivity index (χ3n) is 10.3. The number of rotatable bonds is 12. The van der Waals surface area contributed by atoms with Crippen LogP contribution in [0.2, 0.25) is 5.02 Å². The molecule has 60 heavy (non-hydrogen) atoms. The summed E-state index contributed by atoms with van der Waals surface area (Å²) in [5, 5.41) is 12.7. The summed E-state index contributed by atoms with van der Waals surface area (Å²) in [4.78, 5) is 44.3. The monoisotopic (exact) mass is 905 g/mol. The van der Waals surface area contributed by atoms with Crippen LogP contribution >= 0.6 is 27.5 Å². The van der Waals surface area contributed by atoms with E-state index < -0.39 is 29.0 Å². The number of halogens is 3. The molecule has 3 aromatic heterocycles. The predicted octanol–water partition coefficient (Wildman–Crippen LogP) is 8.33. The first kappa shape index (κ1) is 42.3. The van der Waals surface area contributed by atoms with Gasteiger partial charge in [-0.3, -0.25) is 4.79 Å². The summed E-state index contributed by atoms with van der Waals surface area (Å²) < 4.78 is 42.9. The first-order valence-corrected chi connectivity index (χ1v) is 20.2. The number of methoxy groups -OCH3 is 2. The van der Waals surface area contributed by atoms with Crippen molar-refractivity contribution in [2.45, 2.75) is 55.3 Å². The molecule has 1 atom stereocenters. The number of aromatic nitrogens is 4. The lowest BCUT2D eigenvalue weighted by molar-refractivity contribution is -0.0234. The maximum Gasteiger partial charge on any atom is 0.407 e. The fourth-order valence-corrected chi connectivity index (χ4v) is 7.00. The number of alkyl halides is 1. The molecule has 3 aliphatic rings. The van der Waals surface area contributed by atoms with Gasteiger partial charge in [0.25, 0.3) is 5.56 Å². The lowest BCUT2D eigenvalue weighted by atomic mass is 9.99. The van der Waals surface area contributed by atoms with E-state index in [-0.39, 0.29) is 29.4 Å². The second-order valence-corrected chi connectivity index (χ2v) is 15.9. The number of ether oxygens (including phenoxy) is 5. The summed E-state index contributed by atoms with van der Waals surface area (Å²) in [6.07, 6.45) is 8.15. The summed E-state index contributed by atoms with van der Waals surface area (Å²) in [7, 11) is 2.71. The topological polar surface area (TPSA) is 177 Å². The quantitative estimate of drug-likeness (QED) is 0.109. The van der Waals surface area contributed by atoms with Gasteiger partial charge in [-0.15, -0.1) is 0 Å². The van der Waals surface area contributed by atoms with Gasteiger partial charge < -0.3 is 39.6 Å². The number of nitrogens with zero attached hydrogens (tertiary/aromatic N) is 4. The Morgan fingerprint density at radius 2 is 1.35 bits per heavy atom. The van der Waals surface area contributed by atoms with Gasteiger partial charge in [-0.05, 0) is 102 Å². The first-order valence-electron chi connectivity index (χ1n) is 19.1. The van der Waals surface area contributed by atoms with Crippen LogP contribution in [0.25, 0.3) is 5.69 Å². The summed E-state index contributed by atoms with van der Waals surface area (Å²) in [6.45, 7) is 0.514. The molecule has 2 aromatic carbocycles. The van der Waals surface area contributed by atoms with E-state index in [1.807, 2.05) is 42.5 Å². The number of pyridine rings is 2. The van der Waals surface area contributed by atoms with Gasteiger partial charge in [-0.2, -0.15) is 9.78 Å². The number of carbonyl (C=O) groups is 2. The third-order valence-corrected chi connectivity index (χ3v) is 11.1. The molecule has 5 aromatic rings. The van der Waals surface area contributed by atoms with Crippen LogP contribution in [0.3, 0.4) is 0 Å². The van der Waals surface area contributed by atoms with Crippen LogP contribution in [0.5, 0.6) is 23.3 Å². The van der Waals surface area contributed by atoms with Gasteiger partial charge in [0.15, 0.2) is 5.67 Å². The van der Waals surface area contributed by atoms with E-state index in [1.165, 1.54) is 26.6 Å². The Kier molecular flexibility index (Phi) is 12.9. The molecular formula is C42H42BrClFN7O8. The molecule has 0 unspecified atom stereocenters. The van der Waals surface area contributed by atoms with Crippen molar-refractivity contribution in [3.05, 3.63) is 122 Å². The standard InChI is InChI=1S/C26H27ClFN5O5.C16H15BrN2O3/c1-36-24(35)32-26(10-11-26)17-3-6-19(7-4-17)38-21-8-5-18(13-29-21)33-23(34)22(27)20(14-31-33)30-15-25(28)9-2-12-37-16-25;1-21-15(20)19-16(8-9-16)11-2-5-13(6-3-11)22-14-7-4-12(17)10-18-14/h3-8,13-14,30H,2,9-12,15-16H2,1H3,(H,32,35);2-7,10H,8-9H2,1H3,(H,19,20)/t25-;/m0./s1. The van der Waals surface area contributed by atoms with E-state index in [9.17, 15) is 18.8 Å². The van der Waals surface area contributed by atoms with Crippen molar-refractivity contribution < 1.29 is 37.7 Å². The van der Waals surface area contributed by atoms with Crippen LogP contribution in [-0.4, -0.2) is 71.6 Å². The number of alkyl carbamates (subject to hydrolysis) is 2. The van der Waals surface area contributed by atoms with Gasteiger partial charge in [-0.25, -0.2) is 23.9 Å². The second-order valence-electron chi connectivity index (χ2n) is 14.6. The molecule has 0 radical (unpaired) electrons. The first-order chi connectivity index (χ1) is 28.9. The predicted molar refractivity (Wildman–Crippen MR) is 223 cm³/mol. The molecule has 3 N–H and O–H groups in total. The highest BCUT2D eigenvalue weighted by atomic mass is 79.9. The largest absolute Gasteiger partial charge is 0.453 e. The number of benzene rings is 2.